The van der Waals surface area contributed by atoms with Crippen molar-refractivity contribution in [1.29, 1.82) is 0 Å². The van der Waals surface area contributed by atoms with E-state index >= 15 is 0 Å². The van der Waals surface area contributed by atoms with E-state index in [0.29, 0.717) is 0 Å². The summed E-state index contributed by atoms with van der Waals surface area (Å²) in [5.74, 6) is 0.487. The van der Waals surface area contributed by atoms with Gasteiger partial charge in [-0.2, -0.15) is 0 Å². The second-order valence-electron chi connectivity index (χ2n) is 5.46. The Kier molecular flexibility index (Phi) is 7.03. The highest BCUT2D eigenvalue weighted by molar-refractivity contribution is 5.85. The topological polar surface area (TPSA) is 64.3 Å². The zero-order chi connectivity index (χ0) is 14.6. The van der Waals surface area contributed by atoms with Crippen molar-refractivity contribution >= 4 is 18.3 Å². The molecule has 0 aliphatic rings. The quantitative estimate of drug-likeness (QED) is 0.878. The average Bonchev–Trinajstić information content (AvgIpc) is 2.37. The number of halogens is 1. The van der Waals surface area contributed by atoms with E-state index in [-0.39, 0.29) is 30.3 Å². The lowest BCUT2D eigenvalue weighted by molar-refractivity contribution is -0.126. The van der Waals surface area contributed by atoms with Crippen molar-refractivity contribution in [3.8, 4) is 5.75 Å². The third kappa shape index (κ3) is 4.39. The van der Waals surface area contributed by atoms with Crippen LogP contribution in [0.25, 0.3) is 0 Å². The summed E-state index contributed by atoms with van der Waals surface area (Å²) >= 11 is 0. The number of methoxy groups -OCH3 is 1. The Balaban J connectivity index is 0.00000361. The number of hydrogen-bond donors (Lipinski definition) is 2. The van der Waals surface area contributed by atoms with E-state index < -0.39 is 5.54 Å². The first-order valence-electron chi connectivity index (χ1n) is 6.50. The maximum absolute atomic E-state index is 12.1. The summed E-state index contributed by atoms with van der Waals surface area (Å²) < 4.78 is 5.35. The lowest BCUT2D eigenvalue weighted by atomic mass is 9.91. The summed E-state index contributed by atoms with van der Waals surface area (Å²) in [6.45, 7) is 7.58. The van der Waals surface area contributed by atoms with E-state index in [1.54, 1.807) is 7.11 Å². The maximum Gasteiger partial charge on any atom is 0.225 e. The van der Waals surface area contributed by atoms with Crippen molar-refractivity contribution in [2.75, 3.05) is 7.11 Å². The number of nitrogens with two attached hydrogens (primary N) is 1. The van der Waals surface area contributed by atoms with Crippen LogP contribution in [-0.2, 0) is 10.3 Å². The molecule has 0 saturated heterocycles. The Morgan fingerprint density at radius 1 is 1.30 bits per heavy atom. The second-order valence-corrected chi connectivity index (χ2v) is 5.46. The van der Waals surface area contributed by atoms with Crippen LogP contribution in [0, 0.1) is 5.92 Å². The lowest BCUT2D eigenvalue weighted by Gasteiger charge is -2.30. The zero-order valence-electron chi connectivity index (χ0n) is 12.8. The van der Waals surface area contributed by atoms with Crippen molar-refractivity contribution in [3.05, 3.63) is 29.8 Å². The van der Waals surface area contributed by atoms with Crippen molar-refractivity contribution < 1.29 is 9.53 Å². The summed E-state index contributed by atoms with van der Waals surface area (Å²) in [6.07, 6.45) is 0. The van der Waals surface area contributed by atoms with Crippen LogP contribution in [0.1, 0.15) is 33.3 Å². The summed E-state index contributed by atoms with van der Waals surface area (Å²) in [5.41, 5.74) is 6.20. The first kappa shape index (κ1) is 18.7. The van der Waals surface area contributed by atoms with E-state index in [9.17, 15) is 4.79 Å². The molecular weight excluding hydrogens is 276 g/mol. The molecule has 0 bridgehead atoms. The molecule has 114 valence electrons. The van der Waals surface area contributed by atoms with Crippen LogP contribution >= 0.6 is 12.4 Å². The maximum atomic E-state index is 12.1. The largest absolute Gasteiger partial charge is 0.496 e. The highest BCUT2D eigenvalue weighted by Gasteiger charge is 2.28. The number of rotatable bonds is 5. The van der Waals surface area contributed by atoms with Crippen molar-refractivity contribution in [2.45, 2.75) is 39.3 Å². The van der Waals surface area contributed by atoms with Crippen molar-refractivity contribution in [2.24, 2.45) is 11.7 Å². The molecule has 0 radical (unpaired) electrons. The van der Waals surface area contributed by atoms with Crippen LogP contribution in [0.15, 0.2) is 24.3 Å². The Hall–Kier alpha value is -1.26. The molecule has 2 atom stereocenters. The number of amides is 1. The molecule has 20 heavy (non-hydrogen) atoms. The van der Waals surface area contributed by atoms with Gasteiger partial charge in [-0.3, -0.25) is 4.79 Å². The monoisotopic (exact) mass is 300 g/mol. The Morgan fingerprint density at radius 2 is 1.85 bits per heavy atom. The summed E-state index contributed by atoms with van der Waals surface area (Å²) in [7, 11) is 1.63. The Labute approximate surface area is 127 Å². The minimum absolute atomic E-state index is 0. The van der Waals surface area contributed by atoms with Crippen molar-refractivity contribution in [3.63, 3.8) is 0 Å². The van der Waals surface area contributed by atoms with Crippen LogP contribution < -0.4 is 15.8 Å². The SMILES string of the molecule is COc1ccccc1C(C)(C)NC(=O)C(C)C(C)N.Cl. The highest BCUT2D eigenvalue weighted by Crippen LogP contribution is 2.29. The molecule has 4 nitrogen and oxygen atoms in total. The minimum atomic E-state index is -0.507. The number of carbonyl (C=O) groups is 1. The predicted octanol–water partition coefficient (Wildman–Crippen LogP) is 2.45. The van der Waals surface area contributed by atoms with E-state index in [4.69, 9.17) is 10.5 Å². The van der Waals surface area contributed by atoms with Gasteiger partial charge in [-0.25, -0.2) is 0 Å². The van der Waals surface area contributed by atoms with Crippen LogP contribution in [-0.4, -0.2) is 19.1 Å². The Bertz CT molecular complexity index is 447. The molecular formula is C15H25ClN2O2. The van der Waals surface area contributed by atoms with Gasteiger partial charge in [0.1, 0.15) is 5.75 Å². The molecule has 3 N–H and O–H groups in total. The molecule has 5 heteroatoms. The fourth-order valence-corrected chi connectivity index (χ4v) is 1.89. The lowest BCUT2D eigenvalue weighted by Crippen LogP contribution is -2.47. The van der Waals surface area contributed by atoms with Gasteiger partial charge in [0, 0.05) is 17.5 Å². The van der Waals surface area contributed by atoms with E-state index in [1.165, 1.54) is 0 Å². The molecule has 2 unspecified atom stereocenters. The zero-order valence-corrected chi connectivity index (χ0v) is 13.6. The number of benzene rings is 1. The van der Waals surface area contributed by atoms with Crippen molar-refractivity contribution in [1.82, 2.24) is 5.32 Å². The fraction of sp³-hybridized carbons (Fsp3) is 0.533. The normalized spacial score (nSPS) is 13.9. The van der Waals surface area contributed by atoms with Gasteiger partial charge >= 0.3 is 0 Å². The molecule has 0 spiro atoms. The summed E-state index contributed by atoms with van der Waals surface area (Å²) in [4.78, 5) is 12.1. The smallest absolute Gasteiger partial charge is 0.225 e. The first-order valence-corrected chi connectivity index (χ1v) is 6.50. The molecule has 0 aliphatic heterocycles. The average molecular weight is 301 g/mol. The number of nitrogens with one attached hydrogen (secondary N) is 1. The molecule has 1 aromatic rings. The molecule has 0 aromatic heterocycles. The molecule has 1 aromatic carbocycles. The standard InChI is InChI=1S/C15H24N2O2.ClH/c1-10(11(2)16)14(18)17-15(3,4)12-8-6-7-9-13(12)19-5;/h6-11H,16H2,1-5H3,(H,17,18);1H. The summed E-state index contributed by atoms with van der Waals surface area (Å²) in [6, 6.07) is 7.51. The number of hydrogen-bond acceptors (Lipinski definition) is 3. The van der Waals surface area contributed by atoms with Gasteiger partial charge < -0.3 is 15.8 Å². The molecule has 0 aliphatic carbocycles. The number of carbonyl (C=O) groups excluding carboxylic acids is 1. The second kappa shape index (κ2) is 7.50. The third-order valence-corrected chi connectivity index (χ3v) is 3.42. The third-order valence-electron chi connectivity index (χ3n) is 3.42. The van der Waals surface area contributed by atoms with E-state index in [0.717, 1.165) is 11.3 Å². The van der Waals surface area contributed by atoms with E-state index in [1.807, 2.05) is 52.0 Å². The number of ether oxygens (including phenoxy) is 1. The van der Waals surface area contributed by atoms with Gasteiger partial charge in [-0.15, -0.1) is 12.4 Å². The van der Waals surface area contributed by atoms with Gasteiger partial charge in [0.25, 0.3) is 0 Å². The molecule has 1 amide bonds. The molecule has 0 heterocycles. The molecule has 0 saturated carbocycles. The van der Waals surface area contributed by atoms with Crippen LogP contribution in [0.5, 0.6) is 5.75 Å². The number of para-hydroxylation sites is 1. The highest BCUT2D eigenvalue weighted by atomic mass is 35.5. The van der Waals surface area contributed by atoms with E-state index in [2.05, 4.69) is 5.32 Å². The van der Waals surface area contributed by atoms with Gasteiger partial charge in [0.05, 0.1) is 12.6 Å². The molecule has 1 rings (SSSR count). The first-order chi connectivity index (χ1) is 8.79. The predicted molar refractivity (Wildman–Crippen MR) is 84.2 cm³/mol. The minimum Gasteiger partial charge on any atom is -0.496 e. The van der Waals surface area contributed by atoms with Gasteiger partial charge in [0.15, 0.2) is 0 Å². The Morgan fingerprint density at radius 3 is 2.35 bits per heavy atom. The van der Waals surface area contributed by atoms with Crippen LogP contribution in [0.2, 0.25) is 0 Å². The van der Waals surface area contributed by atoms with Gasteiger partial charge in [-0.1, -0.05) is 25.1 Å². The molecule has 0 fully saturated rings. The van der Waals surface area contributed by atoms with Crippen LogP contribution in [0.3, 0.4) is 0 Å². The van der Waals surface area contributed by atoms with Gasteiger partial charge in [0.2, 0.25) is 5.91 Å². The van der Waals surface area contributed by atoms with Crippen LogP contribution in [0.4, 0.5) is 0 Å². The summed E-state index contributed by atoms with van der Waals surface area (Å²) in [5, 5.41) is 3.03. The van der Waals surface area contributed by atoms with Gasteiger partial charge in [-0.05, 0) is 26.8 Å². The fourth-order valence-electron chi connectivity index (χ4n) is 1.89.